The van der Waals surface area contributed by atoms with Crippen LogP contribution < -0.4 is 5.32 Å². The Morgan fingerprint density at radius 1 is 1.42 bits per heavy atom. The lowest BCUT2D eigenvalue weighted by atomic mass is 10.3. The smallest absolute Gasteiger partial charge is 0.221 e. The SMILES string of the molecule is C=CNC(N=C)=NC1CCCC1. The molecule has 66 valence electrons. The molecule has 1 rings (SSSR count). The van der Waals surface area contributed by atoms with Gasteiger partial charge in [-0.15, -0.1) is 0 Å². The fourth-order valence-electron chi connectivity index (χ4n) is 1.42. The molecule has 1 aliphatic rings. The number of guanidine groups is 1. The van der Waals surface area contributed by atoms with Crippen molar-refractivity contribution in [3.8, 4) is 0 Å². The number of nitrogens with one attached hydrogen (secondary N) is 1. The molecule has 0 bridgehead atoms. The van der Waals surface area contributed by atoms with Crippen molar-refractivity contribution in [3.05, 3.63) is 12.8 Å². The van der Waals surface area contributed by atoms with Crippen LogP contribution in [0, 0.1) is 0 Å². The minimum absolute atomic E-state index is 0.443. The summed E-state index contributed by atoms with van der Waals surface area (Å²) in [7, 11) is 0. The lowest BCUT2D eigenvalue weighted by Crippen LogP contribution is -2.16. The standard InChI is InChI=1S/C9H15N3/c1-3-11-9(10-2)12-8-6-4-5-7-8/h3,8H,1-2,4-7H2,(H,11,12). The summed E-state index contributed by atoms with van der Waals surface area (Å²) in [4.78, 5) is 8.15. The number of rotatable bonds is 2. The first kappa shape index (κ1) is 8.97. The molecular formula is C9H15N3. The maximum absolute atomic E-state index is 4.39. The first-order valence-corrected chi connectivity index (χ1v) is 4.29. The van der Waals surface area contributed by atoms with Crippen LogP contribution in [0.25, 0.3) is 0 Å². The van der Waals surface area contributed by atoms with Gasteiger partial charge in [-0.05, 0) is 25.8 Å². The summed E-state index contributed by atoms with van der Waals surface area (Å²) in [6.07, 6.45) is 6.50. The molecule has 0 atom stereocenters. The highest BCUT2D eigenvalue weighted by molar-refractivity contribution is 5.84. The average Bonchev–Trinajstić information content (AvgIpc) is 2.56. The Hall–Kier alpha value is -1.12. The maximum Gasteiger partial charge on any atom is 0.221 e. The molecule has 1 saturated carbocycles. The highest BCUT2D eigenvalue weighted by atomic mass is 15.1. The molecule has 0 unspecified atom stereocenters. The highest BCUT2D eigenvalue weighted by Gasteiger charge is 2.13. The van der Waals surface area contributed by atoms with E-state index < -0.39 is 0 Å². The first-order valence-electron chi connectivity index (χ1n) is 4.29. The van der Waals surface area contributed by atoms with Crippen molar-refractivity contribution in [1.82, 2.24) is 5.32 Å². The average molecular weight is 165 g/mol. The van der Waals surface area contributed by atoms with Crippen LogP contribution >= 0.6 is 0 Å². The fourth-order valence-corrected chi connectivity index (χ4v) is 1.42. The van der Waals surface area contributed by atoms with E-state index in [9.17, 15) is 0 Å². The first-order chi connectivity index (χ1) is 5.86. The molecule has 0 heterocycles. The van der Waals surface area contributed by atoms with Gasteiger partial charge in [0.2, 0.25) is 5.96 Å². The summed E-state index contributed by atoms with van der Waals surface area (Å²) < 4.78 is 0. The summed E-state index contributed by atoms with van der Waals surface area (Å²) in [5.41, 5.74) is 0. The molecule has 0 amide bonds. The second-order valence-electron chi connectivity index (χ2n) is 2.90. The van der Waals surface area contributed by atoms with E-state index in [2.05, 4.69) is 28.6 Å². The van der Waals surface area contributed by atoms with E-state index in [1.54, 1.807) is 6.20 Å². The van der Waals surface area contributed by atoms with E-state index in [1.165, 1.54) is 25.7 Å². The summed E-state index contributed by atoms with van der Waals surface area (Å²) in [5, 5.41) is 2.84. The highest BCUT2D eigenvalue weighted by Crippen LogP contribution is 2.20. The van der Waals surface area contributed by atoms with Crippen LogP contribution in [0.1, 0.15) is 25.7 Å². The van der Waals surface area contributed by atoms with E-state index in [0.29, 0.717) is 12.0 Å². The summed E-state index contributed by atoms with van der Waals surface area (Å²) in [5.74, 6) is 0.594. The second-order valence-corrected chi connectivity index (χ2v) is 2.90. The Morgan fingerprint density at radius 3 is 2.58 bits per heavy atom. The van der Waals surface area contributed by atoms with Crippen LogP contribution in [0.3, 0.4) is 0 Å². The van der Waals surface area contributed by atoms with Gasteiger partial charge in [0.15, 0.2) is 0 Å². The normalized spacial score (nSPS) is 19.2. The number of hydrogen-bond acceptors (Lipinski definition) is 1. The van der Waals surface area contributed by atoms with E-state index in [0.717, 1.165) is 0 Å². The van der Waals surface area contributed by atoms with Gasteiger partial charge in [-0.1, -0.05) is 19.4 Å². The van der Waals surface area contributed by atoms with Crippen molar-refractivity contribution in [3.63, 3.8) is 0 Å². The van der Waals surface area contributed by atoms with Gasteiger partial charge in [-0.3, -0.25) is 0 Å². The molecule has 1 fully saturated rings. The third-order valence-corrected chi connectivity index (χ3v) is 2.01. The van der Waals surface area contributed by atoms with Crippen LogP contribution in [0.5, 0.6) is 0 Å². The summed E-state index contributed by atoms with van der Waals surface area (Å²) in [6, 6.07) is 0.443. The molecule has 0 aliphatic heterocycles. The van der Waals surface area contributed by atoms with Crippen LogP contribution in [0.15, 0.2) is 22.8 Å². The van der Waals surface area contributed by atoms with Gasteiger partial charge < -0.3 is 5.32 Å². The van der Waals surface area contributed by atoms with Crippen molar-refractivity contribution in [2.75, 3.05) is 0 Å². The Morgan fingerprint density at radius 2 is 2.08 bits per heavy atom. The lowest BCUT2D eigenvalue weighted by molar-refractivity contribution is 0.702. The van der Waals surface area contributed by atoms with E-state index >= 15 is 0 Å². The van der Waals surface area contributed by atoms with Crippen molar-refractivity contribution in [2.24, 2.45) is 9.98 Å². The van der Waals surface area contributed by atoms with Gasteiger partial charge in [0.05, 0.1) is 6.04 Å². The molecule has 0 spiro atoms. The van der Waals surface area contributed by atoms with Crippen LogP contribution in [0.2, 0.25) is 0 Å². The molecule has 0 radical (unpaired) electrons. The minimum atomic E-state index is 0.443. The fraction of sp³-hybridized carbons (Fsp3) is 0.556. The Labute approximate surface area is 73.3 Å². The van der Waals surface area contributed by atoms with E-state index in [1.807, 2.05) is 0 Å². The van der Waals surface area contributed by atoms with Gasteiger partial charge in [0.1, 0.15) is 0 Å². The zero-order valence-corrected chi connectivity index (χ0v) is 7.29. The topological polar surface area (TPSA) is 36.8 Å². The molecule has 0 aromatic heterocycles. The van der Waals surface area contributed by atoms with Crippen LogP contribution in [-0.2, 0) is 0 Å². The van der Waals surface area contributed by atoms with Gasteiger partial charge in [0, 0.05) is 0 Å². The summed E-state index contributed by atoms with van der Waals surface area (Å²) in [6.45, 7) is 6.97. The van der Waals surface area contributed by atoms with Gasteiger partial charge in [-0.25, -0.2) is 9.98 Å². The lowest BCUT2D eigenvalue weighted by Gasteiger charge is -2.04. The number of aliphatic imine (C=N–C) groups is 2. The molecule has 0 aromatic carbocycles. The van der Waals surface area contributed by atoms with Crippen LogP contribution in [-0.4, -0.2) is 18.7 Å². The predicted molar refractivity (Wildman–Crippen MR) is 52.6 cm³/mol. The monoisotopic (exact) mass is 165 g/mol. The third kappa shape index (κ3) is 2.49. The Bertz CT molecular complexity index is 190. The maximum atomic E-state index is 4.39. The Kier molecular flexibility index (Phi) is 3.51. The van der Waals surface area contributed by atoms with Crippen LogP contribution in [0.4, 0.5) is 0 Å². The molecule has 1 N–H and O–H groups in total. The zero-order chi connectivity index (χ0) is 8.81. The Balaban J connectivity index is 2.49. The molecule has 0 aromatic rings. The van der Waals surface area contributed by atoms with Crippen molar-refractivity contribution in [1.29, 1.82) is 0 Å². The molecule has 3 heteroatoms. The van der Waals surface area contributed by atoms with Gasteiger partial charge in [0.25, 0.3) is 0 Å². The van der Waals surface area contributed by atoms with Gasteiger partial charge in [-0.2, -0.15) is 0 Å². The largest absolute Gasteiger partial charge is 0.332 e. The number of hydrogen-bond donors (Lipinski definition) is 1. The third-order valence-electron chi connectivity index (χ3n) is 2.01. The molecule has 0 saturated heterocycles. The van der Waals surface area contributed by atoms with E-state index in [-0.39, 0.29) is 0 Å². The van der Waals surface area contributed by atoms with Crippen molar-refractivity contribution >= 4 is 12.7 Å². The molecule has 3 nitrogen and oxygen atoms in total. The van der Waals surface area contributed by atoms with Crippen molar-refractivity contribution < 1.29 is 0 Å². The summed E-state index contributed by atoms with van der Waals surface area (Å²) >= 11 is 0. The quantitative estimate of drug-likeness (QED) is 0.491. The minimum Gasteiger partial charge on any atom is -0.332 e. The van der Waals surface area contributed by atoms with Gasteiger partial charge >= 0.3 is 0 Å². The van der Waals surface area contributed by atoms with Crippen molar-refractivity contribution in [2.45, 2.75) is 31.7 Å². The molecule has 12 heavy (non-hydrogen) atoms. The van der Waals surface area contributed by atoms with E-state index in [4.69, 9.17) is 0 Å². The molecule has 1 aliphatic carbocycles. The zero-order valence-electron chi connectivity index (χ0n) is 7.29. The number of nitrogens with zero attached hydrogens (tertiary/aromatic N) is 2. The predicted octanol–water partition coefficient (Wildman–Crippen LogP) is 1.72. The molecular weight excluding hydrogens is 150 g/mol. The second kappa shape index (κ2) is 4.70.